The number of aryl methyl sites for hydroxylation is 1. The zero-order valence-electron chi connectivity index (χ0n) is 34.7. The van der Waals surface area contributed by atoms with E-state index in [1.165, 1.54) is 87.1 Å². The lowest BCUT2D eigenvalue weighted by molar-refractivity contribution is -0.137. The van der Waals surface area contributed by atoms with E-state index in [1.54, 1.807) is 18.5 Å². The lowest BCUT2D eigenvalue weighted by atomic mass is 10.0. The first-order valence-corrected chi connectivity index (χ1v) is 22.7. The molecule has 59 heavy (non-hydrogen) atoms. The van der Waals surface area contributed by atoms with Gasteiger partial charge < -0.3 is 10.2 Å². The predicted octanol–water partition coefficient (Wildman–Crippen LogP) is 10.3. The molecule has 316 valence electrons. The van der Waals surface area contributed by atoms with E-state index in [0.717, 1.165) is 42.4 Å². The number of nitrogens with zero attached hydrogens (tertiary/aromatic N) is 6. The van der Waals surface area contributed by atoms with Gasteiger partial charge in [0.1, 0.15) is 46.5 Å². The smallest absolute Gasteiger partial charge is 0.248 e. The van der Waals surface area contributed by atoms with Crippen LogP contribution in [0.3, 0.4) is 0 Å². The fraction of sp³-hybridized carbons (Fsp3) is 0.565. The zero-order chi connectivity index (χ0) is 41.7. The third-order valence-corrected chi connectivity index (χ3v) is 12.1. The fourth-order valence-corrected chi connectivity index (χ4v) is 8.40. The molecule has 1 N–H and O–H groups in total. The summed E-state index contributed by atoms with van der Waals surface area (Å²) in [7, 11) is 0. The lowest BCUT2D eigenvalue weighted by Gasteiger charge is -2.24. The number of ketones is 2. The number of Topliss-reactive ketones (excluding diaryl/α,β-unsaturated/α-hetero) is 2. The van der Waals surface area contributed by atoms with Gasteiger partial charge in [0.15, 0.2) is 5.78 Å². The summed E-state index contributed by atoms with van der Waals surface area (Å²) in [4.78, 5) is 67.3. The Kier molecular flexibility index (Phi) is 16.3. The molecule has 0 spiro atoms. The van der Waals surface area contributed by atoms with Crippen LogP contribution in [0.4, 0.5) is 10.2 Å². The van der Waals surface area contributed by atoms with E-state index >= 15 is 0 Å². The van der Waals surface area contributed by atoms with Crippen LogP contribution in [0.2, 0.25) is 0 Å². The third-order valence-electron chi connectivity index (χ3n) is 11.6. The van der Waals surface area contributed by atoms with E-state index in [-0.39, 0.29) is 36.8 Å². The van der Waals surface area contributed by atoms with Gasteiger partial charge in [-0.25, -0.2) is 19.3 Å². The molecule has 1 saturated heterocycles. The second-order valence-electron chi connectivity index (χ2n) is 16.4. The maximum absolute atomic E-state index is 14.8. The molecular weight excluding hydrogens is 813 g/mol. The van der Waals surface area contributed by atoms with Crippen LogP contribution < -0.4 is 5.32 Å². The average Bonchev–Trinajstić information content (AvgIpc) is 3.89. The summed E-state index contributed by atoms with van der Waals surface area (Å²) in [5.41, 5.74) is 3.17. The summed E-state index contributed by atoms with van der Waals surface area (Å²) in [5, 5.41) is 7.91. The highest BCUT2D eigenvalue weighted by Gasteiger charge is 2.41. The van der Waals surface area contributed by atoms with E-state index in [1.807, 2.05) is 24.3 Å². The number of fused-ring (bicyclic) bond motifs is 1. The fourth-order valence-electron chi connectivity index (χ4n) is 8.09. The van der Waals surface area contributed by atoms with E-state index in [9.17, 15) is 23.6 Å². The molecule has 3 aromatic heterocycles. The van der Waals surface area contributed by atoms with Crippen LogP contribution in [0.25, 0.3) is 22.0 Å². The quantitative estimate of drug-likeness (QED) is 0.0417. The Morgan fingerprint density at radius 2 is 1.51 bits per heavy atom. The highest BCUT2D eigenvalue weighted by molar-refractivity contribution is 9.10. The number of hydrogen-bond donors (Lipinski definition) is 1. The summed E-state index contributed by atoms with van der Waals surface area (Å²) in [6, 6.07) is 8.19. The largest absolute Gasteiger partial charge is 0.326 e. The molecule has 4 aromatic rings. The highest BCUT2D eigenvalue weighted by Crippen LogP contribution is 2.43. The van der Waals surface area contributed by atoms with Gasteiger partial charge in [0.2, 0.25) is 11.8 Å². The summed E-state index contributed by atoms with van der Waals surface area (Å²) in [5.74, 6) is 0.343. The Morgan fingerprint density at radius 1 is 0.847 bits per heavy atom. The Hall–Kier alpha value is -4.39. The normalized spacial score (nSPS) is 16.5. The molecule has 1 saturated carbocycles. The molecule has 0 bridgehead atoms. The molecular formula is C46H59BrFN7O4. The van der Waals surface area contributed by atoms with Crippen LogP contribution in [0.5, 0.6) is 0 Å². The average molecular weight is 873 g/mol. The number of hydrogen-bond acceptors (Lipinski definition) is 8. The molecule has 0 radical (unpaired) electrons. The SMILES string of the molecule is CCCCCCCCCCCCCCCC(=O)CCc1ncc(-c2ccc3c(c2)c(C(C)=O)nn3CC(=O)N2C[C@H](F)C[C@H]2C(=O)Nc2nc(Br)ccc2C2CC2)cn1. The van der Waals surface area contributed by atoms with Crippen LogP contribution in [0.15, 0.2) is 47.3 Å². The minimum Gasteiger partial charge on any atom is -0.326 e. The van der Waals surface area contributed by atoms with Crippen molar-refractivity contribution >= 4 is 56.0 Å². The number of aromatic nitrogens is 5. The van der Waals surface area contributed by atoms with Crippen molar-refractivity contribution in [2.45, 2.75) is 161 Å². The van der Waals surface area contributed by atoms with Gasteiger partial charge in [-0.2, -0.15) is 5.10 Å². The Morgan fingerprint density at radius 3 is 2.15 bits per heavy atom. The van der Waals surface area contributed by atoms with E-state index < -0.39 is 24.0 Å². The van der Waals surface area contributed by atoms with Gasteiger partial charge >= 0.3 is 0 Å². The summed E-state index contributed by atoms with van der Waals surface area (Å²) in [6.45, 7) is 3.18. The topological polar surface area (TPSA) is 140 Å². The van der Waals surface area contributed by atoms with Crippen molar-refractivity contribution in [3.8, 4) is 11.1 Å². The Balaban J connectivity index is 0.987. The molecule has 2 amide bonds. The molecule has 1 aliphatic heterocycles. The molecule has 2 atom stereocenters. The van der Waals surface area contributed by atoms with Crippen molar-refractivity contribution in [2.24, 2.45) is 0 Å². The van der Waals surface area contributed by atoms with E-state index in [4.69, 9.17) is 0 Å². The number of nitrogens with one attached hydrogen (secondary N) is 1. The first-order valence-electron chi connectivity index (χ1n) is 21.9. The minimum atomic E-state index is -1.36. The minimum absolute atomic E-state index is 0.122. The number of likely N-dealkylation sites (tertiary alicyclic amines) is 1. The van der Waals surface area contributed by atoms with Crippen molar-refractivity contribution < 1.29 is 23.6 Å². The molecule has 1 aromatic carbocycles. The zero-order valence-corrected chi connectivity index (χ0v) is 36.3. The number of rotatable bonds is 24. The lowest BCUT2D eigenvalue weighted by Crippen LogP contribution is -2.44. The molecule has 11 nitrogen and oxygen atoms in total. The van der Waals surface area contributed by atoms with Gasteiger partial charge in [0, 0.05) is 56.0 Å². The van der Waals surface area contributed by atoms with E-state index in [0.29, 0.717) is 52.3 Å². The van der Waals surface area contributed by atoms with Crippen molar-refractivity contribution in [1.29, 1.82) is 0 Å². The van der Waals surface area contributed by atoms with Gasteiger partial charge in [0.05, 0.1) is 12.1 Å². The van der Waals surface area contributed by atoms with Gasteiger partial charge in [-0.05, 0) is 70.4 Å². The highest BCUT2D eigenvalue weighted by atomic mass is 79.9. The van der Waals surface area contributed by atoms with Crippen LogP contribution >= 0.6 is 15.9 Å². The summed E-state index contributed by atoms with van der Waals surface area (Å²) < 4.78 is 16.8. The first-order chi connectivity index (χ1) is 28.6. The molecule has 2 fully saturated rings. The Bertz CT molecular complexity index is 2070. The number of unbranched alkanes of at least 4 members (excludes halogenated alkanes) is 12. The number of halogens is 2. The van der Waals surface area contributed by atoms with Gasteiger partial charge in [-0.15, -0.1) is 0 Å². The number of alkyl halides is 1. The molecule has 6 rings (SSSR count). The Labute approximate surface area is 355 Å². The summed E-state index contributed by atoms with van der Waals surface area (Å²) in [6.07, 6.45) is 22.1. The third kappa shape index (κ3) is 12.6. The number of pyridine rings is 1. The van der Waals surface area contributed by atoms with Gasteiger partial charge in [0.25, 0.3) is 0 Å². The molecule has 13 heteroatoms. The van der Waals surface area contributed by atoms with Crippen LogP contribution in [-0.2, 0) is 27.3 Å². The van der Waals surface area contributed by atoms with Gasteiger partial charge in [-0.3, -0.25) is 23.9 Å². The van der Waals surface area contributed by atoms with Crippen molar-refractivity contribution in [2.75, 3.05) is 11.9 Å². The first kappa shape index (κ1) is 44.2. The predicted molar refractivity (Wildman–Crippen MR) is 232 cm³/mol. The van der Waals surface area contributed by atoms with Gasteiger partial charge in [-0.1, -0.05) is 96.1 Å². The number of carbonyl (C=O) groups excluding carboxylic acids is 4. The molecule has 4 heterocycles. The van der Waals surface area contributed by atoms with Crippen molar-refractivity contribution in [3.63, 3.8) is 0 Å². The summed E-state index contributed by atoms with van der Waals surface area (Å²) >= 11 is 3.37. The monoisotopic (exact) mass is 871 g/mol. The molecule has 1 aliphatic carbocycles. The van der Waals surface area contributed by atoms with Crippen LogP contribution in [0.1, 0.15) is 157 Å². The maximum Gasteiger partial charge on any atom is 0.248 e. The molecule has 0 unspecified atom stereocenters. The van der Waals surface area contributed by atoms with Crippen LogP contribution in [-0.4, -0.2) is 71.8 Å². The number of benzene rings is 1. The van der Waals surface area contributed by atoms with Crippen molar-refractivity contribution in [1.82, 2.24) is 29.6 Å². The van der Waals surface area contributed by atoms with Crippen molar-refractivity contribution in [3.05, 3.63) is 64.4 Å². The molecule has 2 aliphatic rings. The standard InChI is InChI=1S/C46H59BrFN7O4/c1-3-4-5-6-7-8-9-10-11-12-13-14-15-16-36(57)20-24-42-49-27-34(28-50-42)33-19-22-39-38(25-33)44(31(2)56)53-55(39)30-43(58)54-29-35(48)26-40(54)46(59)52-45-37(32-17-18-32)21-23-41(47)51-45/h19,21-23,25,27-28,32,35,40H,3-18,20,24,26,29-30H2,1-2H3,(H,51,52,59)/t35-,40+/m1/s1. The van der Waals surface area contributed by atoms with Crippen LogP contribution in [0, 0.1) is 0 Å². The second kappa shape index (κ2) is 21.7. The van der Waals surface area contributed by atoms with E-state index in [2.05, 4.69) is 48.2 Å². The number of anilines is 1. The second-order valence-corrected chi connectivity index (χ2v) is 17.3. The maximum atomic E-state index is 14.8. The number of amides is 2. The number of carbonyl (C=O) groups is 4.